The lowest BCUT2D eigenvalue weighted by molar-refractivity contribution is 0.0313. The van der Waals surface area contributed by atoms with E-state index in [0.29, 0.717) is 19.2 Å². The Bertz CT molecular complexity index is 171. The van der Waals surface area contributed by atoms with Crippen LogP contribution in [-0.2, 0) is 9.47 Å². The summed E-state index contributed by atoms with van der Waals surface area (Å²) in [6.45, 7) is 10.7. The van der Waals surface area contributed by atoms with E-state index in [9.17, 15) is 5.11 Å². The number of aliphatic hydroxyl groups excluding tert-OH is 1. The van der Waals surface area contributed by atoms with E-state index in [1.54, 1.807) is 6.08 Å². The van der Waals surface area contributed by atoms with Gasteiger partial charge in [-0.3, -0.25) is 0 Å². The summed E-state index contributed by atoms with van der Waals surface area (Å²) >= 11 is 0. The Morgan fingerprint density at radius 3 is 1.93 bits per heavy atom. The van der Waals surface area contributed by atoms with Crippen LogP contribution in [0.5, 0.6) is 0 Å². The molecule has 1 unspecified atom stereocenters. The lowest BCUT2D eigenvalue weighted by atomic mass is 9.89. The summed E-state index contributed by atoms with van der Waals surface area (Å²) in [4.78, 5) is 0. The Kier molecular flexibility index (Phi) is 5.62. The van der Waals surface area contributed by atoms with Crippen LogP contribution in [-0.4, -0.2) is 24.4 Å². The van der Waals surface area contributed by atoms with E-state index in [4.69, 9.17) is 9.47 Å². The molecule has 0 bridgehead atoms. The molecule has 0 amide bonds. The van der Waals surface area contributed by atoms with Gasteiger partial charge in [0, 0.05) is 6.08 Å². The highest BCUT2D eigenvalue weighted by molar-refractivity contribution is 4.95. The van der Waals surface area contributed by atoms with Crippen molar-refractivity contribution in [2.45, 2.75) is 40.7 Å². The van der Waals surface area contributed by atoms with E-state index in [0.717, 1.165) is 0 Å². The van der Waals surface area contributed by atoms with Crippen LogP contribution in [0.15, 0.2) is 12.0 Å². The third kappa shape index (κ3) is 5.12. The van der Waals surface area contributed by atoms with Gasteiger partial charge in [0.25, 0.3) is 5.95 Å². The average molecular weight is 202 g/mol. The van der Waals surface area contributed by atoms with Gasteiger partial charge >= 0.3 is 0 Å². The molecule has 0 saturated carbocycles. The molecule has 84 valence electrons. The van der Waals surface area contributed by atoms with Crippen LogP contribution in [0.25, 0.3) is 0 Å². The van der Waals surface area contributed by atoms with Crippen LogP contribution in [0, 0.1) is 5.41 Å². The molecule has 1 atom stereocenters. The minimum Gasteiger partial charge on any atom is -0.466 e. The smallest absolute Gasteiger partial charge is 0.277 e. The first-order chi connectivity index (χ1) is 6.41. The van der Waals surface area contributed by atoms with Crippen molar-refractivity contribution in [2.75, 3.05) is 13.2 Å². The number of hydrogen-bond acceptors (Lipinski definition) is 3. The summed E-state index contributed by atoms with van der Waals surface area (Å²) < 4.78 is 10.5. The van der Waals surface area contributed by atoms with Gasteiger partial charge < -0.3 is 14.6 Å². The SMILES string of the molecule is CCOC(=CC(O)C(C)(C)C)OCC. The molecule has 3 nitrogen and oxygen atoms in total. The van der Waals surface area contributed by atoms with Crippen molar-refractivity contribution in [3.05, 3.63) is 12.0 Å². The summed E-state index contributed by atoms with van der Waals surface area (Å²) in [7, 11) is 0. The summed E-state index contributed by atoms with van der Waals surface area (Å²) in [6, 6.07) is 0. The van der Waals surface area contributed by atoms with E-state index >= 15 is 0 Å². The number of hydrogen-bond donors (Lipinski definition) is 1. The normalized spacial score (nSPS) is 13.3. The van der Waals surface area contributed by atoms with Gasteiger partial charge in [-0.2, -0.15) is 0 Å². The maximum Gasteiger partial charge on any atom is 0.277 e. The van der Waals surface area contributed by atoms with E-state index in [-0.39, 0.29) is 5.41 Å². The van der Waals surface area contributed by atoms with Crippen LogP contribution in [0.3, 0.4) is 0 Å². The third-order valence-corrected chi connectivity index (χ3v) is 1.75. The van der Waals surface area contributed by atoms with Crippen LogP contribution >= 0.6 is 0 Å². The Balaban J connectivity index is 4.39. The van der Waals surface area contributed by atoms with Crippen molar-refractivity contribution in [2.24, 2.45) is 5.41 Å². The largest absolute Gasteiger partial charge is 0.466 e. The molecule has 0 radical (unpaired) electrons. The molecule has 0 heterocycles. The van der Waals surface area contributed by atoms with Gasteiger partial charge in [-0.25, -0.2) is 0 Å². The second kappa shape index (κ2) is 5.91. The van der Waals surface area contributed by atoms with Gasteiger partial charge in [-0.15, -0.1) is 0 Å². The Morgan fingerprint density at radius 1 is 1.21 bits per heavy atom. The molecule has 0 rings (SSSR count). The van der Waals surface area contributed by atoms with Gasteiger partial charge in [0.15, 0.2) is 0 Å². The number of ether oxygens (including phenoxy) is 2. The standard InChI is InChI=1S/C11H22O3/c1-6-13-10(14-7-2)8-9(12)11(3,4)5/h8-9,12H,6-7H2,1-5H3. The van der Waals surface area contributed by atoms with Gasteiger partial charge in [0.05, 0.1) is 19.3 Å². The predicted molar refractivity (Wildman–Crippen MR) is 56.8 cm³/mol. The van der Waals surface area contributed by atoms with Crippen molar-refractivity contribution in [3.63, 3.8) is 0 Å². The average Bonchev–Trinajstić information content (AvgIpc) is 2.03. The Morgan fingerprint density at radius 2 is 1.64 bits per heavy atom. The van der Waals surface area contributed by atoms with Gasteiger partial charge in [0.1, 0.15) is 0 Å². The molecule has 0 spiro atoms. The topological polar surface area (TPSA) is 38.7 Å². The van der Waals surface area contributed by atoms with Crippen molar-refractivity contribution >= 4 is 0 Å². The number of aliphatic hydroxyl groups is 1. The highest BCUT2D eigenvalue weighted by Crippen LogP contribution is 2.21. The fraction of sp³-hybridized carbons (Fsp3) is 0.818. The van der Waals surface area contributed by atoms with E-state index in [1.165, 1.54) is 0 Å². The van der Waals surface area contributed by atoms with Crippen LogP contribution in [0.2, 0.25) is 0 Å². The molecule has 0 aliphatic carbocycles. The molecule has 1 N–H and O–H groups in total. The van der Waals surface area contributed by atoms with Crippen molar-refractivity contribution in [3.8, 4) is 0 Å². The summed E-state index contributed by atoms with van der Waals surface area (Å²) in [6.07, 6.45) is 1.06. The van der Waals surface area contributed by atoms with Crippen LogP contribution in [0.4, 0.5) is 0 Å². The maximum absolute atomic E-state index is 9.77. The maximum atomic E-state index is 9.77. The first kappa shape index (κ1) is 13.3. The van der Waals surface area contributed by atoms with E-state index in [2.05, 4.69) is 0 Å². The van der Waals surface area contributed by atoms with Crippen LogP contribution in [0.1, 0.15) is 34.6 Å². The van der Waals surface area contributed by atoms with Gasteiger partial charge in [-0.1, -0.05) is 20.8 Å². The highest BCUT2D eigenvalue weighted by Gasteiger charge is 2.21. The third-order valence-electron chi connectivity index (χ3n) is 1.75. The first-order valence-corrected chi connectivity index (χ1v) is 5.07. The molecular formula is C11H22O3. The molecular weight excluding hydrogens is 180 g/mol. The monoisotopic (exact) mass is 202 g/mol. The second-order valence-corrected chi connectivity index (χ2v) is 4.16. The minimum atomic E-state index is -0.560. The zero-order valence-electron chi connectivity index (χ0n) is 9.83. The lowest BCUT2D eigenvalue weighted by Crippen LogP contribution is -2.24. The Labute approximate surface area is 86.7 Å². The van der Waals surface area contributed by atoms with Gasteiger partial charge in [0.2, 0.25) is 0 Å². The summed E-state index contributed by atoms with van der Waals surface area (Å²) in [5, 5.41) is 9.77. The zero-order chi connectivity index (χ0) is 11.2. The fourth-order valence-corrected chi connectivity index (χ4v) is 0.801. The van der Waals surface area contributed by atoms with E-state index < -0.39 is 6.10 Å². The molecule has 0 fully saturated rings. The highest BCUT2D eigenvalue weighted by atomic mass is 16.7. The van der Waals surface area contributed by atoms with Crippen molar-refractivity contribution < 1.29 is 14.6 Å². The molecule has 0 aromatic rings. The van der Waals surface area contributed by atoms with Gasteiger partial charge in [-0.05, 0) is 19.3 Å². The first-order valence-electron chi connectivity index (χ1n) is 5.07. The molecule has 0 aliphatic heterocycles. The Hall–Kier alpha value is -0.700. The zero-order valence-corrected chi connectivity index (χ0v) is 9.83. The minimum absolute atomic E-state index is 0.195. The second-order valence-electron chi connectivity index (χ2n) is 4.16. The summed E-state index contributed by atoms with van der Waals surface area (Å²) in [5.74, 6) is 0.414. The summed E-state index contributed by atoms with van der Waals surface area (Å²) in [5.41, 5.74) is -0.195. The predicted octanol–water partition coefficient (Wildman–Crippen LogP) is 2.31. The van der Waals surface area contributed by atoms with Crippen molar-refractivity contribution in [1.82, 2.24) is 0 Å². The molecule has 14 heavy (non-hydrogen) atoms. The lowest BCUT2D eigenvalue weighted by Gasteiger charge is -2.23. The molecule has 0 aromatic carbocycles. The molecule has 0 aliphatic rings. The van der Waals surface area contributed by atoms with Crippen LogP contribution < -0.4 is 0 Å². The number of rotatable bonds is 5. The van der Waals surface area contributed by atoms with E-state index in [1.807, 2.05) is 34.6 Å². The quantitative estimate of drug-likeness (QED) is 0.695. The van der Waals surface area contributed by atoms with Crippen molar-refractivity contribution in [1.29, 1.82) is 0 Å². The molecule has 0 saturated heterocycles. The molecule has 3 heteroatoms. The fourth-order valence-electron chi connectivity index (χ4n) is 0.801. The molecule has 0 aromatic heterocycles.